The van der Waals surface area contributed by atoms with Crippen LogP contribution in [0.3, 0.4) is 0 Å². The number of aliphatic hydroxyl groups excluding tert-OH is 1. The first-order chi connectivity index (χ1) is 6.03. The van der Waals surface area contributed by atoms with Crippen molar-refractivity contribution in [2.24, 2.45) is 0 Å². The van der Waals surface area contributed by atoms with Crippen LogP contribution in [0.15, 0.2) is 0 Å². The number of aliphatic hydroxyl groups is 1. The highest BCUT2D eigenvalue weighted by Gasteiger charge is 2.30. The van der Waals surface area contributed by atoms with Gasteiger partial charge in [0.1, 0.15) is 0 Å². The second kappa shape index (κ2) is 4.59. The Morgan fingerprint density at radius 3 is 2.54 bits per heavy atom. The summed E-state index contributed by atoms with van der Waals surface area (Å²) < 4.78 is 25.0. The van der Waals surface area contributed by atoms with Crippen molar-refractivity contribution in [1.82, 2.24) is 4.72 Å². The van der Waals surface area contributed by atoms with Crippen LogP contribution in [0, 0.1) is 0 Å². The number of nitrogens with one attached hydrogen (secondary N) is 1. The van der Waals surface area contributed by atoms with Gasteiger partial charge in [0.25, 0.3) is 0 Å². The molecule has 6 heteroatoms. The number of sulfonamides is 1. The van der Waals surface area contributed by atoms with Crippen LogP contribution in [-0.2, 0) is 10.0 Å². The molecule has 0 bridgehead atoms. The maximum atomic E-state index is 11.2. The van der Waals surface area contributed by atoms with E-state index in [4.69, 9.17) is 16.7 Å². The van der Waals surface area contributed by atoms with Gasteiger partial charge in [0.05, 0.1) is 11.9 Å². The van der Waals surface area contributed by atoms with Crippen molar-refractivity contribution < 1.29 is 13.5 Å². The molecule has 1 fully saturated rings. The quantitative estimate of drug-likeness (QED) is 0.653. The summed E-state index contributed by atoms with van der Waals surface area (Å²) in [4.78, 5) is 0. The van der Waals surface area contributed by atoms with E-state index in [2.05, 4.69) is 4.72 Å². The van der Waals surface area contributed by atoms with Gasteiger partial charge in [0.2, 0.25) is 10.0 Å². The summed E-state index contributed by atoms with van der Waals surface area (Å²) in [6.45, 7) is 0. The van der Waals surface area contributed by atoms with E-state index in [1.54, 1.807) is 0 Å². The molecule has 0 aliphatic heterocycles. The Labute approximate surface area is 83.3 Å². The second-order valence-electron chi connectivity index (χ2n) is 3.30. The van der Waals surface area contributed by atoms with E-state index >= 15 is 0 Å². The first kappa shape index (κ1) is 11.2. The number of alkyl halides is 1. The van der Waals surface area contributed by atoms with Gasteiger partial charge in [0, 0.05) is 11.9 Å². The van der Waals surface area contributed by atoms with Gasteiger partial charge in [-0.3, -0.25) is 0 Å². The Morgan fingerprint density at radius 2 is 2.08 bits per heavy atom. The lowest BCUT2D eigenvalue weighted by molar-refractivity contribution is 0.0712. The molecule has 1 aliphatic rings. The molecular formula is C7H14ClNO3S. The molecule has 2 N–H and O–H groups in total. The highest BCUT2D eigenvalue weighted by atomic mass is 35.5. The van der Waals surface area contributed by atoms with Crippen LogP contribution < -0.4 is 4.72 Å². The van der Waals surface area contributed by atoms with E-state index in [0.29, 0.717) is 25.1 Å². The van der Waals surface area contributed by atoms with Crippen LogP contribution in [-0.4, -0.2) is 37.3 Å². The maximum absolute atomic E-state index is 11.2. The van der Waals surface area contributed by atoms with Crippen LogP contribution >= 0.6 is 11.6 Å². The Bertz CT molecular complexity index is 248. The standard InChI is InChI=1S/C7H14ClNO3S/c8-2-1-3-13(11,12)9-6-4-7(10)5-6/h6-7,9-10H,1-5H2. The predicted molar refractivity (Wildman–Crippen MR) is 51.3 cm³/mol. The molecule has 0 saturated heterocycles. The number of rotatable bonds is 5. The normalized spacial score (nSPS) is 28.5. The van der Waals surface area contributed by atoms with Gasteiger partial charge in [-0.1, -0.05) is 0 Å². The fraction of sp³-hybridized carbons (Fsp3) is 1.00. The van der Waals surface area contributed by atoms with E-state index < -0.39 is 10.0 Å². The first-order valence-electron chi connectivity index (χ1n) is 4.27. The van der Waals surface area contributed by atoms with Crippen LogP contribution in [0.2, 0.25) is 0 Å². The lowest BCUT2D eigenvalue weighted by Gasteiger charge is -2.31. The summed E-state index contributed by atoms with van der Waals surface area (Å²) in [6, 6.07) is -0.0738. The van der Waals surface area contributed by atoms with Crippen molar-refractivity contribution in [2.45, 2.75) is 31.4 Å². The largest absolute Gasteiger partial charge is 0.393 e. The summed E-state index contributed by atoms with van der Waals surface area (Å²) in [5.41, 5.74) is 0. The van der Waals surface area contributed by atoms with Crippen molar-refractivity contribution in [2.75, 3.05) is 11.6 Å². The summed E-state index contributed by atoms with van der Waals surface area (Å²) in [7, 11) is -3.17. The zero-order valence-corrected chi connectivity index (χ0v) is 8.81. The minimum atomic E-state index is -3.17. The molecule has 0 radical (unpaired) electrons. The summed E-state index contributed by atoms with van der Waals surface area (Å²) in [5.74, 6) is 0.428. The molecule has 1 rings (SSSR count). The summed E-state index contributed by atoms with van der Waals surface area (Å²) >= 11 is 5.38. The molecule has 0 amide bonds. The van der Waals surface area contributed by atoms with Gasteiger partial charge in [-0.2, -0.15) is 0 Å². The highest BCUT2D eigenvalue weighted by Crippen LogP contribution is 2.20. The fourth-order valence-corrected chi connectivity index (χ4v) is 2.88. The molecule has 1 saturated carbocycles. The first-order valence-corrected chi connectivity index (χ1v) is 6.46. The molecule has 0 aromatic heterocycles. The highest BCUT2D eigenvalue weighted by molar-refractivity contribution is 7.89. The van der Waals surface area contributed by atoms with Crippen molar-refractivity contribution in [3.8, 4) is 0 Å². The molecule has 0 heterocycles. The third kappa shape index (κ3) is 3.81. The van der Waals surface area contributed by atoms with Gasteiger partial charge in [0.15, 0.2) is 0 Å². The van der Waals surface area contributed by atoms with Gasteiger partial charge < -0.3 is 5.11 Å². The number of halogens is 1. The summed E-state index contributed by atoms with van der Waals surface area (Å²) in [6.07, 6.45) is 1.19. The monoisotopic (exact) mass is 227 g/mol. The Morgan fingerprint density at radius 1 is 1.46 bits per heavy atom. The Hall–Kier alpha value is 0.160. The molecule has 0 atom stereocenters. The molecule has 1 aliphatic carbocycles. The molecule has 0 aromatic carbocycles. The van der Waals surface area contributed by atoms with E-state index in [0.717, 1.165) is 0 Å². The smallest absolute Gasteiger partial charge is 0.211 e. The van der Waals surface area contributed by atoms with Gasteiger partial charge >= 0.3 is 0 Å². The molecule has 13 heavy (non-hydrogen) atoms. The molecule has 0 aromatic rings. The van der Waals surface area contributed by atoms with Crippen LogP contribution in [0.5, 0.6) is 0 Å². The maximum Gasteiger partial charge on any atom is 0.211 e. The topological polar surface area (TPSA) is 66.4 Å². The fourth-order valence-electron chi connectivity index (χ4n) is 1.24. The van der Waals surface area contributed by atoms with E-state index in [1.807, 2.05) is 0 Å². The van der Waals surface area contributed by atoms with Gasteiger partial charge in [-0.05, 0) is 19.3 Å². The van der Waals surface area contributed by atoms with Crippen LogP contribution in [0.1, 0.15) is 19.3 Å². The van der Waals surface area contributed by atoms with Crippen molar-refractivity contribution in [1.29, 1.82) is 0 Å². The second-order valence-corrected chi connectivity index (χ2v) is 5.55. The van der Waals surface area contributed by atoms with Gasteiger partial charge in [-0.25, -0.2) is 13.1 Å². The minimum Gasteiger partial charge on any atom is -0.393 e. The SMILES string of the molecule is O=S(=O)(CCCCl)NC1CC(O)C1. The van der Waals surface area contributed by atoms with Crippen LogP contribution in [0.25, 0.3) is 0 Å². The molecular weight excluding hydrogens is 214 g/mol. The number of hydrogen-bond donors (Lipinski definition) is 2. The predicted octanol–water partition coefficient (Wildman–Crippen LogP) is 0.0580. The van der Waals surface area contributed by atoms with Gasteiger partial charge in [-0.15, -0.1) is 11.6 Å². The van der Waals surface area contributed by atoms with E-state index in [9.17, 15) is 8.42 Å². The lowest BCUT2D eigenvalue weighted by Crippen LogP contribution is -2.47. The van der Waals surface area contributed by atoms with E-state index in [-0.39, 0.29) is 17.9 Å². The zero-order valence-electron chi connectivity index (χ0n) is 7.24. The Balaban J connectivity index is 2.26. The molecule has 78 valence electrons. The molecule has 4 nitrogen and oxygen atoms in total. The molecule has 0 spiro atoms. The average Bonchev–Trinajstić information content (AvgIpc) is 1.98. The van der Waals surface area contributed by atoms with Crippen LogP contribution in [0.4, 0.5) is 0 Å². The van der Waals surface area contributed by atoms with Crippen molar-refractivity contribution in [3.63, 3.8) is 0 Å². The van der Waals surface area contributed by atoms with Crippen molar-refractivity contribution in [3.05, 3.63) is 0 Å². The van der Waals surface area contributed by atoms with Crippen molar-refractivity contribution >= 4 is 21.6 Å². The zero-order chi connectivity index (χ0) is 9.90. The average molecular weight is 228 g/mol. The third-order valence-electron chi connectivity index (χ3n) is 2.01. The van der Waals surface area contributed by atoms with E-state index in [1.165, 1.54) is 0 Å². The number of hydrogen-bond acceptors (Lipinski definition) is 3. The molecule has 0 unspecified atom stereocenters. The summed E-state index contributed by atoms with van der Waals surface area (Å²) in [5, 5.41) is 8.94. The third-order valence-corrected chi connectivity index (χ3v) is 3.79. The Kier molecular flexibility index (Phi) is 3.97. The minimum absolute atomic E-state index is 0.0725. The lowest BCUT2D eigenvalue weighted by atomic mass is 9.91.